The van der Waals surface area contributed by atoms with E-state index in [2.05, 4.69) is 20.6 Å². The fraction of sp³-hybridized carbons (Fsp3) is 0.182. The Balaban J connectivity index is 1.32. The number of carbonyl (C=O) groups is 1. The van der Waals surface area contributed by atoms with Crippen molar-refractivity contribution in [1.82, 2.24) is 25.1 Å². The van der Waals surface area contributed by atoms with Crippen LogP contribution in [0.15, 0.2) is 60.7 Å². The Kier molecular flexibility index (Phi) is 6.02. The number of nitrogens with one attached hydrogen (secondary N) is 1. The Morgan fingerprint density at radius 1 is 1.03 bits per heavy atom. The van der Waals surface area contributed by atoms with Crippen LogP contribution in [0.2, 0.25) is 0 Å². The van der Waals surface area contributed by atoms with Gasteiger partial charge in [-0.1, -0.05) is 12.1 Å². The van der Waals surface area contributed by atoms with Gasteiger partial charge in [-0.3, -0.25) is 4.79 Å². The summed E-state index contributed by atoms with van der Waals surface area (Å²) in [6.07, 6.45) is 0.274. The van der Waals surface area contributed by atoms with Crippen LogP contribution in [0.4, 0.5) is 4.39 Å². The summed E-state index contributed by atoms with van der Waals surface area (Å²) in [6.45, 7) is 0.586. The molecule has 0 atom stereocenters. The molecule has 2 aromatic carbocycles. The van der Waals surface area contributed by atoms with Crippen molar-refractivity contribution in [3.05, 3.63) is 72.0 Å². The zero-order valence-corrected chi connectivity index (χ0v) is 16.8. The summed E-state index contributed by atoms with van der Waals surface area (Å²) in [7, 11) is 1.60. The minimum absolute atomic E-state index is 0.102. The van der Waals surface area contributed by atoms with Crippen molar-refractivity contribution in [3.8, 4) is 23.0 Å². The highest BCUT2D eigenvalue weighted by atomic mass is 19.1. The van der Waals surface area contributed by atoms with E-state index in [1.54, 1.807) is 31.4 Å². The quantitative estimate of drug-likeness (QED) is 0.440. The molecule has 0 unspecified atom stereocenters. The van der Waals surface area contributed by atoms with E-state index in [0.29, 0.717) is 29.5 Å². The highest BCUT2D eigenvalue weighted by Gasteiger charge is 2.11. The van der Waals surface area contributed by atoms with Gasteiger partial charge >= 0.3 is 0 Å². The van der Waals surface area contributed by atoms with Gasteiger partial charge in [-0.15, -0.1) is 15.3 Å². The SMILES string of the molecule is COc1ccc(CC(=O)NCCOc2ccc3nnc(-c4ccc(F)cc4)n3n2)cc1. The van der Waals surface area contributed by atoms with Crippen LogP contribution in [-0.2, 0) is 11.2 Å². The zero-order chi connectivity index (χ0) is 21.6. The van der Waals surface area contributed by atoms with Gasteiger partial charge in [0.15, 0.2) is 11.5 Å². The molecule has 2 aromatic heterocycles. The monoisotopic (exact) mass is 421 g/mol. The van der Waals surface area contributed by atoms with E-state index in [9.17, 15) is 9.18 Å². The number of amides is 1. The molecule has 0 radical (unpaired) electrons. The summed E-state index contributed by atoms with van der Waals surface area (Å²) in [5, 5.41) is 15.4. The second kappa shape index (κ2) is 9.21. The maximum atomic E-state index is 13.2. The topological polar surface area (TPSA) is 90.6 Å². The van der Waals surface area contributed by atoms with E-state index < -0.39 is 0 Å². The number of halogens is 1. The zero-order valence-electron chi connectivity index (χ0n) is 16.8. The van der Waals surface area contributed by atoms with Crippen LogP contribution in [0.25, 0.3) is 17.0 Å². The van der Waals surface area contributed by atoms with Gasteiger partial charge in [-0.05, 0) is 48.0 Å². The molecular weight excluding hydrogens is 401 g/mol. The first-order valence-corrected chi connectivity index (χ1v) is 9.63. The second-order valence-electron chi connectivity index (χ2n) is 6.70. The predicted octanol–water partition coefficient (Wildman–Crippen LogP) is 2.68. The maximum Gasteiger partial charge on any atom is 0.231 e. The molecule has 0 saturated carbocycles. The number of benzene rings is 2. The maximum absolute atomic E-state index is 13.2. The third-order valence-corrected chi connectivity index (χ3v) is 4.54. The summed E-state index contributed by atoms with van der Waals surface area (Å²) in [6, 6.07) is 16.7. The van der Waals surface area contributed by atoms with Crippen LogP contribution in [0.3, 0.4) is 0 Å². The van der Waals surface area contributed by atoms with E-state index in [1.807, 2.05) is 24.3 Å². The van der Waals surface area contributed by atoms with Gasteiger partial charge in [-0.25, -0.2) is 4.39 Å². The molecule has 1 N–H and O–H groups in total. The molecule has 0 aliphatic heterocycles. The second-order valence-corrected chi connectivity index (χ2v) is 6.70. The lowest BCUT2D eigenvalue weighted by Crippen LogP contribution is -2.29. The molecule has 8 nitrogen and oxygen atoms in total. The van der Waals surface area contributed by atoms with Crippen molar-refractivity contribution in [1.29, 1.82) is 0 Å². The van der Waals surface area contributed by atoms with Crippen LogP contribution in [-0.4, -0.2) is 46.0 Å². The number of hydrogen-bond donors (Lipinski definition) is 1. The van der Waals surface area contributed by atoms with Crippen molar-refractivity contribution in [3.63, 3.8) is 0 Å². The lowest BCUT2D eigenvalue weighted by Gasteiger charge is -2.08. The summed E-state index contributed by atoms with van der Waals surface area (Å²) in [5.74, 6) is 1.16. The third kappa shape index (κ3) is 4.95. The number of nitrogens with zero attached hydrogens (tertiary/aromatic N) is 4. The van der Waals surface area contributed by atoms with Gasteiger partial charge in [0, 0.05) is 11.6 Å². The molecule has 158 valence electrons. The molecule has 31 heavy (non-hydrogen) atoms. The summed E-state index contributed by atoms with van der Waals surface area (Å²) in [4.78, 5) is 12.1. The Morgan fingerprint density at radius 3 is 2.55 bits per heavy atom. The van der Waals surface area contributed by atoms with Crippen LogP contribution in [0, 0.1) is 5.82 Å². The average Bonchev–Trinajstić information content (AvgIpc) is 3.21. The highest BCUT2D eigenvalue weighted by molar-refractivity contribution is 5.78. The van der Waals surface area contributed by atoms with Crippen molar-refractivity contribution in [2.45, 2.75) is 6.42 Å². The minimum Gasteiger partial charge on any atom is -0.497 e. The molecule has 0 aliphatic rings. The summed E-state index contributed by atoms with van der Waals surface area (Å²) >= 11 is 0. The highest BCUT2D eigenvalue weighted by Crippen LogP contribution is 2.19. The van der Waals surface area contributed by atoms with E-state index in [0.717, 1.165) is 11.3 Å². The lowest BCUT2D eigenvalue weighted by atomic mass is 10.1. The smallest absolute Gasteiger partial charge is 0.231 e. The summed E-state index contributed by atoms with van der Waals surface area (Å²) in [5.41, 5.74) is 2.12. The van der Waals surface area contributed by atoms with Crippen LogP contribution in [0.1, 0.15) is 5.56 Å². The van der Waals surface area contributed by atoms with Crippen LogP contribution in [0.5, 0.6) is 11.6 Å². The molecule has 4 rings (SSSR count). The fourth-order valence-electron chi connectivity index (χ4n) is 2.97. The van der Waals surface area contributed by atoms with Gasteiger partial charge in [0.05, 0.1) is 20.1 Å². The lowest BCUT2D eigenvalue weighted by molar-refractivity contribution is -0.120. The number of rotatable bonds is 8. The Bertz CT molecular complexity index is 1180. The Labute approximate surface area is 177 Å². The van der Waals surface area contributed by atoms with Crippen LogP contribution < -0.4 is 14.8 Å². The first-order valence-electron chi connectivity index (χ1n) is 9.63. The van der Waals surface area contributed by atoms with Crippen LogP contribution >= 0.6 is 0 Å². The van der Waals surface area contributed by atoms with E-state index in [-0.39, 0.29) is 24.8 Å². The van der Waals surface area contributed by atoms with Gasteiger partial charge in [-0.2, -0.15) is 4.52 Å². The number of methoxy groups -OCH3 is 1. The molecule has 1 amide bonds. The summed E-state index contributed by atoms with van der Waals surface area (Å²) < 4.78 is 25.5. The fourth-order valence-corrected chi connectivity index (χ4v) is 2.97. The number of fused-ring (bicyclic) bond motifs is 1. The predicted molar refractivity (Wildman–Crippen MR) is 111 cm³/mol. The van der Waals surface area contributed by atoms with E-state index in [4.69, 9.17) is 9.47 Å². The largest absolute Gasteiger partial charge is 0.497 e. The normalized spacial score (nSPS) is 10.8. The first-order chi connectivity index (χ1) is 15.1. The molecule has 0 bridgehead atoms. The van der Waals surface area contributed by atoms with Gasteiger partial charge in [0.2, 0.25) is 11.8 Å². The molecule has 4 aromatic rings. The molecule has 0 fully saturated rings. The molecule has 9 heteroatoms. The van der Waals surface area contributed by atoms with Crippen molar-refractivity contribution in [2.24, 2.45) is 0 Å². The minimum atomic E-state index is -0.330. The average molecular weight is 421 g/mol. The number of aromatic nitrogens is 4. The number of ether oxygens (including phenoxy) is 2. The van der Waals surface area contributed by atoms with Crippen molar-refractivity contribution < 1.29 is 18.7 Å². The molecule has 0 saturated heterocycles. The van der Waals surface area contributed by atoms with E-state index >= 15 is 0 Å². The standard InChI is InChI=1S/C22H20FN5O3/c1-30-18-8-2-15(3-9-18)14-20(29)24-12-13-31-21-11-10-19-25-26-22(28(19)27-21)16-4-6-17(23)7-5-16/h2-11H,12-14H2,1H3,(H,24,29). The molecule has 2 heterocycles. The van der Waals surface area contributed by atoms with Crippen molar-refractivity contribution >= 4 is 11.6 Å². The van der Waals surface area contributed by atoms with Gasteiger partial charge in [0.1, 0.15) is 18.2 Å². The Hall–Kier alpha value is -4.01. The third-order valence-electron chi connectivity index (χ3n) is 4.54. The molecule has 0 aliphatic carbocycles. The number of hydrogen-bond acceptors (Lipinski definition) is 6. The molecular formula is C22H20FN5O3. The first kappa shape index (κ1) is 20.3. The Morgan fingerprint density at radius 2 is 1.81 bits per heavy atom. The molecule has 0 spiro atoms. The number of carbonyl (C=O) groups excluding carboxylic acids is 1. The van der Waals surface area contributed by atoms with Gasteiger partial charge in [0.25, 0.3) is 0 Å². The van der Waals surface area contributed by atoms with E-state index in [1.165, 1.54) is 16.6 Å². The van der Waals surface area contributed by atoms with Gasteiger partial charge < -0.3 is 14.8 Å². The van der Waals surface area contributed by atoms with Crippen molar-refractivity contribution in [2.75, 3.05) is 20.3 Å².